The maximum absolute atomic E-state index is 12.2. The summed E-state index contributed by atoms with van der Waals surface area (Å²) in [5.74, 6) is -2.58. The van der Waals surface area contributed by atoms with Crippen LogP contribution in [0.15, 0.2) is 0 Å². The third-order valence-corrected chi connectivity index (χ3v) is 8.63. The maximum atomic E-state index is 12.2. The number of carbonyl (C=O) groups excluding carboxylic acids is 2. The van der Waals surface area contributed by atoms with E-state index in [0.717, 1.165) is 65.1 Å². The van der Waals surface area contributed by atoms with Gasteiger partial charge in [-0.15, -0.1) is 0 Å². The molecule has 0 spiro atoms. The molecule has 0 radical (unpaired) electrons. The molecule has 3 rings (SSSR count). The van der Waals surface area contributed by atoms with Crippen molar-refractivity contribution >= 4 is 36.7 Å². The zero-order valence-corrected chi connectivity index (χ0v) is 28.5. The Morgan fingerprint density at radius 1 is 0.604 bits per heavy atom. The van der Waals surface area contributed by atoms with Crippen molar-refractivity contribution in [1.82, 2.24) is 34.3 Å². The van der Waals surface area contributed by atoms with Crippen molar-refractivity contribution in [2.75, 3.05) is 124 Å². The third kappa shape index (κ3) is 18.8. The van der Waals surface area contributed by atoms with Crippen molar-refractivity contribution < 1.29 is 49.2 Å². The van der Waals surface area contributed by atoms with E-state index in [1.807, 2.05) is 28.5 Å². The number of amides is 2. The molecule has 48 heavy (non-hydrogen) atoms. The van der Waals surface area contributed by atoms with E-state index >= 15 is 0 Å². The summed E-state index contributed by atoms with van der Waals surface area (Å²) in [6, 6.07) is 0. The smallest absolute Gasteiger partial charge is 0.317 e. The first-order chi connectivity index (χ1) is 22.7. The number of carbonyl (C=O) groups is 6. The fourth-order valence-corrected chi connectivity index (χ4v) is 5.53. The van der Waals surface area contributed by atoms with E-state index < -0.39 is 17.9 Å². The molecule has 3 aliphatic heterocycles. The van der Waals surface area contributed by atoms with E-state index in [2.05, 4.69) is 9.80 Å². The summed E-state index contributed by atoms with van der Waals surface area (Å²) in [7, 11) is 0. The summed E-state index contributed by atoms with van der Waals surface area (Å²) < 4.78 is 0. The lowest BCUT2D eigenvalue weighted by Crippen LogP contribution is -2.53. The fourth-order valence-electron chi connectivity index (χ4n) is 5.53. The number of carboxylic acid groups (broad SMARTS) is 4. The highest BCUT2D eigenvalue weighted by atomic mass is 16.4. The van der Waals surface area contributed by atoms with Gasteiger partial charge in [-0.05, 0) is 26.3 Å². The van der Waals surface area contributed by atoms with Crippen molar-refractivity contribution in [3.8, 4) is 0 Å². The van der Waals surface area contributed by atoms with Crippen LogP contribution in [0.2, 0.25) is 0 Å². The largest absolute Gasteiger partial charge is 0.483 e. The Morgan fingerprint density at radius 2 is 0.917 bits per heavy atom. The van der Waals surface area contributed by atoms with Gasteiger partial charge in [-0.3, -0.25) is 48.4 Å². The number of carboxylic acids is 3. The second-order valence-corrected chi connectivity index (χ2v) is 12.5. The first-order valence-electron chi connectivity index (χ1n) is 16.3. The van der Waals surface area contributed by atoms with Gasteiger partial charge in [0.1, 0.15) is 0 Å². The highest BCUT2D eigenvalue weighted by Gasteiger charge is 2.29. The lowest BCUT2D eigenvalue weighted by atomic mass is 9.91. The summed E-state index contributed by atoms with van der Waals surface area (Å²) in [6.45, 7) is 13.6. The van der Waals surface area contributed by atoms with Gasteiger partial charge in [0.25, 0.3) is 6.47 Å². The van der Waals surface area contributed by atoms with Crippen molar-refractivity contribution in [3.05, 3.63) is 0 Å². The summed E-state index contributed by atoms with van der Waals surface area (Å²) >= 11 is 0. The average molecular weight is 689 g/mol. The lowest BCUT2D eigenvalue weighted by Gasteiger charge is -2.38. The van der Waals surface area contributed by atoms with E-state index in [-0.39, 0.29) is 37.6 Å². The molecular weight excluding hydrogens is 632 g/mol. The van der Waals surface area contributed by atoms with Crippen LogP contribution >= 0.6 is 0 Å². The number of nitrogens with two attached hydrogens (primary N) is 1. The fraction of sp³-hybridized carbons (Fsp3) is 0.800. The standard InChI is InChI=1S/C16H30N4O6.C13H24N4O2.CH2O2/c1-2-17-3-5-18(11-14(21)22)7-9-20(13-16(25)26)10-8-19(6-4-17)12-15(23)24;1-13(14)2-4-17(5-3-13)12(19)10-15-6-8-16(11-18)9-7-15;2-1-3/h2-13H2,1H3,(H,21,22)(H,23,24)(H,25,26);11H,2-10,14H2,1H3;1H,(H,2,3). The molecular formula is C30H56N8O10. The van der Waals surface area contributed by atoms with E-state index in [4.69, 9.17) is 31.0 Å². The predicted octanol–water partition coefficient (Wildman–Crippen LogP) is -2.72. The van der Waals surface area contributed by atoms with Crippen LogP contribution in [0.3, 0.4) is 0 Å². The van der Waals surface area contributed by atoms with Crippen LogP contribution in [0.1, 0.15) is 26.7 Å². The van der Waals surface area contributed by atoms with Crippen molar-refractivity contribution in [3.63, 3.8) is 0 Å². The molecule has 6 N–H and O–H groups in total. The molecule has 0 unspecified atom stereocenters. The number of piperazine rings is 1. The maximum Gasteiger partial charge on any atom is 0.317 e. The molecule has 0 saturated carbocycles. The second kappa shape index (κ2) is 23.0. The highest BCUT2D eigenvalue weighted by Crippen LogP contribution is 2.19. The molecule has 18 nitrogen and oxygen atoms in total. The minimum absolute atomic E-state index is 0.0798. The summed E-state index contributed by atoms with van der Waals surface area (Å²) in [5.41, 5.74) is 5.95. The molecule has 18 heteroatoms. The topological polar surface area (TPSA) is 232 Å². The minimum Gasteiger partial charge on any atom is -0.483 e. The van der Waals surface area contributed by atoms with Gasteiger partial charge in [0.05, 0.1) is 26.2 Å². The average Bonchev–Trinajstić information content (AvgIpc) is 3.01. The van der Waals surface area contributed by atoms with Gasteiger partial charge in [-0.1, -0.05) is 6.92 Å². The molecule has 276 valence electrons. The van der Waals surface area contributed by atoms with Crippen LogP contribution in [0.25, 0.3) is 0 Å². The molecule has 3 heterocycles. The molecule has 0 aliphatic carbocycles. The molecule has 3 aliphatic rings. The van der Waals surface area contributed by atoms with Crippen LogP contribution in [-0.2, 0) is 28.8 Å². The molecule has 2 amide bonds. The normalized spacial score (nSPS) is 20.8. The highest BCUT2D eigenvalue weighted by molar-refractivity contribution is 5.78. The number of piperidine rings is 1. The predicted molar refractivity (Wildman–Crippen MR) is 176 cm³/mol. The first kappa shape index (κ1) is 42.6. The number of rotatable bonds is 10. The summed E-state index contributed by atoms with van der Waals surface area (Å²) in [5, 5.41) is 34.1. The number of nitrogens with zero attached hydrogens (tertiary/aromatic N) is 7. The third-order valence-electron chi connectivity index (χ3n) is 8.63. The molecule has 0 aromatic carbocycles. The number of hydrogen-bond acceptors (Lipinski definition) is 12. The summed E-state index contributed by atoms with van der Waals surface area (Å²) in [4.78, 5) is 77.7. The molecule has 0 bridgehead atoms. The number of aliphatic carboxylic acids is 3. The number of likely N-dealkylation sites (tertiary alicyclic amines) is 1. The molecule has 3 fully saturated rings. The van der Waals surface area contributed by atoms with Crippen LogP contribution in [-0.4, -0.2) is 221 Å². The molecule has 0 aromatic heterocycles. The van der Waals surface area contributed by atoms with E-state index in [0.29, 0.717) is 58.9 Å². The van der Waals surface area contributed by atoms with Crippen LogP contribution in [0, 0.1) is 0 Å². The zero-order valence-electron chi connectivity index (χ0n) is 28.5. The van der Waals surface area contributed by atoms with Gasteiger partial charge in [-0.25, -0.2) is 0 Å². The zero-order chi connectivity index (χ0) is 36.1. The molecule has 0 atom stereocenters. The Kier molecular flexibility index (Phi) is 20.4. The van der Waals surface area contributed by atoms with E-state index in [1.165, 1.54) is 0 Å². The lowest BCUT2D eigenvalue weighted by molar-refractivity contribution is -0.140. The summed E-state index contributed by atoms with van der Waals surface area (Å²) in [6.07, 6.45) is 2.63. The first-order valence-corrected chi connectivity index (χ1v) is 16.3. The Labute approximate surface area is 282 Å². The van der Waals surface area contributed by atoms with Crippen LogP contribution < -0.4 is 5.73 Å². The van der Waals surface area contributed by atoms with Crippen LogP contribution in [0.5, 0.6) is 0 Å². The Balaban J connectivity index is 0.000000460. The van der Waals surface area contributed by atoms with E-state index in [9.17, 15) is 24.0 Å². The quantitative estimate of drug-likeness (QED) is 0.147. The van der Waals surface area contributed by atoms with Crippen molar-refractivity contribution in [2.45, 2.75) is 32.2 Å². The Bertz CT molecular complexity index is 970. The number of hydrogen-bond donors (Lipinski definition) is 5. The van der Waals surface area contributed by atoms with Gasteiger partial charge in [0.15, 0.2) is 0 Å². The van der Waals surface area contributed by atoms with Crippen molar-refractivity contribution in [2.24, 2.45) is 5.73 Å². The Hall–Kier alpha value is -3.42. The number of likely N-dealkylation sites (N-methyl/N-ethyl adjacent to an activating group) is 1. The van der Waals surface area contributed by atoms with Gasteiger partial charge < -0.3 is 40.9 Å². The van der Waals surface area contributed by atoms with Gasteiger partial charge in [-0.2, -0.15) is 0 Å². The van der Waals surface area contributed by atoms with Crippen LogP contribution in [0.4, 0.5) is 0 Å². The van der Waals surface area contributed by atoms with Gasteiger partial charge in [0.2, 0.25) is 12.3 Å². The monoisotopic (exact) mass is 688 g/mol. The van der Waals surface area contributed by atoms with E-state index in [1.54, 1.807) is 9.80 Å². The SMILES string of the molecule is CC1(N)CCN(C(=O)CN2CCN(C=O)CC2)CC1.CCN1CCN(CC(=O)O)CCN(CC(=O)O)CCN(CC(=O)O)CC1.O=CO. The minimum atomic E-state index is -0.955. The van der Waals surface area contributed by atoms with Gasteiger partial charge >= 0.3 is 17.9 Å². The molecule has 3 saturated heterocycles. The van der Waals surface area contributed by atoms with Gasteiger partial charge in [0, 0.05) is 97.2 Å². The van der Waals surface area contributed by atoms with Crippen molar-refractivity contribution in [1.29, 1.82) is 0 Å². The second-order valence-electron chi connectivity index (χ2n) is 12.5. The Morgan fingerprint density at radius 3 is 1.23 bits per heavy atom. The molecule has 0 aromatic rings.